The van der Waals surface area contributed by atoms with E-state index in [4.69, 9.17) is 8.83 Å². The van der Waals surface area contributed by atoms with Gasteiger partial charge < -0.3 is 13.4 Å². The standard InChI is InChI=1S/C42H25NO2/c1-2-10-26(11-3-1)27-20-22-30-29-12-4-6-18-37(29)43(38(30)24-27)28-21-23-32-34-15-9-17-36(42(34)45-40(32)25-28)35-16-8-14-33-31-13-5-7-19-39(31)44-41(33)35/h1-25H. The third kappa shape index (κ3) is 3.52. The van der Waals surface area contributed by atoms with Gasteiger partial charge in [-0.2, -0.15) is 0 Å². The summed E-state index contributed by atoms with van der Waals surface area (Å²) in [6.07, 6.45) is 0. The van der Waals surface area contributed by atoms with Gasteiger partial charge in [0.2, 0.25) is 0 Å². The molecule has 7 aromatic carbocycles. The van der Waals surface area contributed by atoms with E-state index in [-0.39, 0.29) is 0 Å². The summed E-state index contributed by atoms with van der Waals surface area (Å²) in [4.78, 5) is 0. The van der Waals surface area contributed by atoms with Gasteiger partial charge >= 0.3 is 0 Å². The van der Waals surface area contributed by atoms with E-state index in [0.717, 1.165) is 60.7 Å². The van der Waals surface area contributed by atoms with Crippen molar-refractivity contribution in [1.82, 2.24) is 4.57 Å². The minimum Gasteiger partial charge on any atom is -0.455 e. The normalized spacial score (nSPS) is 12.0. The molecule has 0 saturated carbocycles. The van der Waals surface area contributed by atoms with Crippen LogP contribution in [0, 0.1) is 0 Å². The minimum absolute atomic E-state index is 0.858. The Labute approximate surface area is 258 Å². The molecule has 3 aromatic heterocycles. The van der Waals surface area contributed by atoms with E-state index < -0.39 is 0 Å². The lowest BCUT2D eigenvalue weighted by molar-refractivity contribution is 0.665. The molecule has 0 aliphatic rings. The van der Waals surface area contributed by atoms with Crippen molar-refractivity contribution in [1.29, 1.82) is 0 Å². The maximum atomic E-state index is 6.76. The third-order valence-electron chi connectivity index (χ3n) is 9.22. The van der Waals surface area contributed by atoms with Gasteiger partial charge in [-0.25, -0.2) is 0 Å². The Balaban J connectivity index is 1.20. The lowest BCUT2D eigenvalue weighted by Gasteiger charge is -2.09. The van der Waals surface area contributed by atoms with Crippen LogP contribution in [-0.4, -0.2) is 4.57 Å². The van der Waals surface area contributed by atoms with Crippen LogP contribution in [0.5, 0.6) is 0 Å². The second-order valence-corrected chi connectivity index (χ2v) is 11.7. The van der Waals surface area contributed by atoms with Crippen LogP contribution < -0.4 is 0 Å². The Morgan fingerprint density at radius 3 is 1.76 bits per heavy atom. The largest absolute Gasteiger partial charge is 0.455 e. The van der Waals surface area contributed by atoms with Crippen LogP contribution in [0.3, 0.4) is 0 Å². The molecule has 0 saturated heterocycles. The van der Waals surface area contributed by atoms with Crippen LogP contribution in [0.2, 0.25) is 0 Å². The number of benzene rings is 7. The summed E-state index contributed by atoms with van der Waals surface area (Å²) in [5, 5.41) is 6.89. The first-order valence-corrected chi connectivity index (χ1v) is 15.3. The highest BCUT2D eigenvalue weighted by Gasteiger charge is 2.19. The Kier molecular flexibility index (Phi) is 5.00. The monoisotopic (exact) mass is 575 g/mol. The average molecular weight is 576 g/mol. The number of hydrogen-bond acceptors (Lipinski definition) is 2. The minimum atomic E-state index is 0.858. The molecule has 0 bridgehead atoms. The van der Waals surface area contributed by atoms with Crippen molar-refractivity contribution in [2.75, 3.05) is 0 Å². The van der Waals surface area contributed by atoms with Crippen molar-refractivity contribution in [3.05, 3.63) is 152 Å². The smallest absolute Gasteiger partial charge is 0.143 e. The average Bonchev–Trinajstić information content (AvgIpc) is 3.77. The highest BCUT2D eigenvalue weighted by Crippen LogP contribution is 2.42. The summed E-state index contributed by atoms with van der Waals surface area (Å²) >= 11 is 0. The van der Waals surface area contributed by atoms with Crippen molar-refractivity contribution >= 4 is 65.7 Å². The number of nitrogens with zero attached hydrogens (tertiary/aromatic N) is 1. The third-order valence-corrected chi connectivity index (χ3v) is 9.22. The van der Waals surface area contributed by atoms with Gasteiger partial charge in [-0.1, -0.05) is 115 Å². The quantitative estimate of drug-likeness (QED) is 0.210. The molecule has 10 aromatic rings. The van der Waals surface area contributed by atoms with E-state index in [1.54, 1.807) is 0 Å². The van der Waals surface area contributed by atoms with Gasteiger partial charge in [0.05, 0.1) is 11.0 Å². The predicted octanol–water partition coefficient (Wildman–Crippen LogP) is 11.9. The maximum Gasteiger partial charge on any atom is 0.143 e. The van der Waals surface area contributed by atoms with Crippen molar-refractivity contribution < 1.29 is 8.83 Å². The molecule has 0 aliphatic carbocycles. The van der Waals surface area contributed by atoms with E-state index in [9.17, 15) is 0 Å². The zero-order chi connectivity index (χ0) is 29.5. The first-order chi connectivity index (χ1) is 22.3. The summed E-state index contributed by atoms with van der Waals surface area (Å²) in [5.41, 5.74) is 11.4. The fourth-order valence-electron chi connectivity index (χ4n) is 7.16. The second-order valence-electron chi connectivity index (χ2n) is 11.7. The summed E-state index contributed by atoms with van der Waals surface area (Å²) in [7, 11) is 0. The lowest BCUT2D eigenvalue weighted by Crippen LogP contribution is -1.93. The fraction of sp³-hybridized carbons (Fsp3) is 0. The van der Waals surface area contributed by atoms with Crippen molar-refractivity contribution in [2.24, 2.45) is 0 Å². The number of para-hydroxylation sites is 4. The Bertz CT molecular complexity index is 2760. The van der Waals surface area contributed by atoms with Crippen LogP contribution in [0.25, 0.3) is 93.6 Å². The first-order valence-electron chi connectivity index (χ1n) is 15.3. The van der Waals surface area contributed by atoms with Gasteiger partial charge in [0.25, 0.3) is 0 Å². The molecule has 0 N–H and O–H groups in total. The highest BCUT2D eigenvalue weighted by molar-refractivity contribution is 6.15. The van der Waals surface area contributed by atoms with Crippen LogP contribution in [0.4, 0.5) is 0 Å². The molecule has 3 heteroatoms. The highest BCUT2D eigenvalue weighted by atomic mass is 16.3. The van der Waals surface area contributed by atoms with E-state index >= 15 is 0 Å². The van der Waals surface area contributed by atoms with Gasteiger partial charge in [-0.15, -0.1) is 0 Å². The zero-order valence-corrected chi connectivity index (χ0v) is 24.2. The number of fused-ring (bicyclic) bond motifs is 9. The topological polar surface area (TPSA) is 31.2 Å². The molecule has 3 nitrogen and oxygen atoms in total. The number of hydrogen-bond donors (Lipinski definition) is 0. The number of rotatable bonds is 3. The van der Waals surface area contributed by atoms with E-state index in [1.807, 2.05) is 12.1 Å². The van der Waals surface area contributed by atoms with Crippen LogP contribution >= 0.6 is 0 Å². The Morgan fingerprint density at radius 1 is 0.356 bits per heavy atom. The summed E-state index contributed by atoms with van der Waals surface area (Å²) in [5.74, 6) is 0. The SMILES string of the molecule is c1ccc(-c2ccc3c4ccccc4n(-c4ccc5c(c4)oc4c(-c6cccc7c6oc6ccccc67)cccc45)c3c2)cc1. The molecular weight excluding hydrogens is 550 g/mol. The molecule has 0 fully saturated rings. The molecule has 0 aliphatic heterocycles. The van der Waals surface area contributed by atoms with Crippen LogP contribution in [0.1, 0.15) is 0 Å². The molecule has 0 radical (unpaired) electrons. The van der Waals surface area contributed by atoms with Gasteiger partial charge in [-0.3, -0.25) is 0 Å². The Morgan fingerprint density at radius 2 is 0.956 bits per heavy atom. The maximum absolute atomic E-state index is 6.76. The van der Waals surface area contributed by atoms with Gasteiger partial charge in [0.1, 0.15) is 22.3 Å². The van der Waals surface area contributed by atoms with Crippen molar-refractivity contribution in [3.8, 4) is 27.9 Å². The number of furan rings is 2. The molecule has 45 heavy (non-hydrogen) atoms. The molecule has 0 atom stereocenters. The molecule has 0 amide bonds. The van der Waals surface area contributed by atoms with E-state index in [1.165, 1.54) is 32.9 Å². The summed E-state index contributed by atoms with van der Waals surface area (Å²) in [6, 6.07) is 53.5. The Hall–Kier alpha value is -6.06. The molecule has 0 spiro atoms. The first kappa shape index (κ1) is 24.4. The molecular formula is C42H25NO2. The predicted molar refractivity (Wildman–Crippen MR) is 186 cm³/mol. The molecule has 3 heterocycles. The fourth-order valence-corrected chi connectivity index (χ4v) is 7.16. The second kappa shape index (κ2) is 9.22. The van der Waals surface area contributed by atoms with Gasteiger partial charge in [0.15, 0.2) is 0 Å². The zero-order valence-electron chi connectivity index (χ0n) is 24.2. The summed E-state index contributed by atoms with van der Waals surface area (Å²) in [6.45, 7) is 0. The van der Waals surface area contributed by atoms with Crippen LogP contribution in [-0.2, 0) is 0 Å². The van der Waals surface area contributed by atoms with Gasteiger partial charge in [0, 0.05) is 55.2 Å². The van der Waals surface area contributed by atoms with Crippen LogP contribution in [0.15, 0.2) is 160 Å². The van der Waals surface area contributed by atoms with Crippen molar-refractivity contribution in [2.45, 2.75) is 0 Å². The van der Waals surface area contributed by atoms with E-state index in [2.05, 4.69) is 144 Å². The number of aromatic nitrogens is 1. The van der Waals surface area contributed by atoms with Crippen molar-refractivity contribution in [3.63, 3.8) is 0 Å². The molecule has 10 rings (SSSR count). The van der Waals surface area contributed by atoms with Gasteiger partial charge in [-0.05, 0) is 41.5 Å². The summed E-state index contributed by atoms with van der Waals surface area (Å²) < 4.78 is 15.5. The molecule has 0 unspecified atom stereocenters. The lowest BCUT2D eigenvalue weighted by atomic mass is 10.00. The molecule has 210 valence electrons. The van der Waals surface area contributed by atoms with E-state index in [0.29, 0.717) is 0 Å².